The van der Waals surface area contributed by atoms with Crippen LogP contribution in [0.1, 0.15) is 59.0 Å². The zero-order valence-electron chi connectivity index (χ0n) is 14.2. The Balaban J connectivity index is 1.72. The van der Waals surface area contributed by atoms with Gasteiger partial charge >= 0.3 is 0 Å². The molecular weight excluding hydrogens is 324 g/mol. The summed E-state index contributed by atoms with van der Waals surface area (Å²) in [6.45, 7) is 3.49. The van der Waals surface area contributed by atoms with Gasteiger partial charge in [-0.15, -0.1) is 21.5 Å². The summed E-state index contributed by atoms with van der Waals surface area (Å²) in [7, 11) is 1.87. The van der Waals surface area contributed by atoms with Crippen molar-refractivity contribution >= 4 is 17.2 Å². The average Bonchev–Trinajstić information content (AvgIpc) is 3.21. The Kier molecular flexibility index (Phi) is 5.30. The van der Waals surface area contributed by atoms with Gasteiger partial charge in [-0.2, -0.15) is 0 Å². The summed E-state index contributed by atoms with van der Waals surface area (Å²) in [6.07, 6.45) is 4.08. The van der Waals surface area contributed by atoms with E-state index in [4.69, 9.17) is 0 Å². The normalized spacial score (nSPS) is 18.1. The second-order valence-corrected chi connectivity index (χ2v) is 7.33. The molecule has 1 amide bonds. The largest absolute Gasteiger partial charge is 0.388 e. The second-order valence-electron chi connectivity index (χ2n) is 6.33. The van der Waals surface area contributed by atoms with Crippen molar-refractivity contribution < 1.29 is 9.90 Å². The van der Waals surface area contributed by atoms with Gasteiger partial charge in [0, 0.05) is 36.3 Å². The third-order valence-electron chi connectivity index (χ3n) is 4.61. The Morgan fingerprint density at radius 2 is 2.29 bits per heavy atom. The Morgan fingerprint density at radius 3 is 3.00 bits per heavy atom. The van der Waals surface area contributed by atoms with E-state index < -0.39 is 0 Å². The molecule has 1 saturated heterocycles. The van der Waals surface area contributed by atoms with Crippen molar-refractivity contribution in [2.45, 2.75) is 45.1 Å². The number of hydrogen-bond donors (Lipinski definition) is 1. The Hall–Kier alpha value is -1.73. The van der Waals surface area contributed by atoms with Crippen LogP contribution in [0.5, 0.6) is 0 Å². The van der Waals surface area contributed by atoms with Crippen LogP contribution in [-0.2, 0) is 20.1 Å². The molecule has 130 valence electrons. The van der Waals surface area contributed by atoms with Gasteiger partial charge in [0.25, 0.3) is 5.91 Å². The highest BCUT2D eigenvalue weighted by atomic mass is 32.1. The molecule has 24 heavy (non-hydrogen) atoms. The fraction of sp³-hybridized carbons (Fsp3) is 0.588. The summed E-state index contributed by atoms with van der Waals surface area (Å²) in [5.74, 6) is 1.71. The quantitative estimate of drug-likeness (QED) is 0.900. The maximum Gasteiger partial charge on any atom is 0.254 e. The highest BCUT2D eigenvalue weighted by Crippen LogP contribution is 2.27. The predicted molar refractivity (Wildman–Crippen MR) is 93.1 cm³/mol. The third kappa shape index (κ3) is 3.37. The van der Waals surface area contributed by atoms with Gasteiger partial charge in [0.05, 0.1) is 5.56 Å². The summed E-state index contributed by atoms with van der Waals surface area (Å²) >= 11 is 1.67. The first-order valence-corrected chi connectivity index (χ1v) is 9.37. The van der Waals surface area contributed by atoms with Gasteiger partial charge in [0.1, 0.15) is 12.4 Å². The van der Waals surface area contributed by atoms with Gasteiger partial charge < -0.3 is 14.6 Å². The first kappa shape index (κ1) is 17.1. The van der Waals surface area contributed by atoms with Gasteiger partial charge in [-0.3, -0.25) is 4.79 Å². The van der Waals surface area contributed by atoms with Gasteiger partial charge in [-0.1, -0.05) is 13.3 Å². The Morgan fingerprint density at radius 1 is 1.46 bits per heavy atom. The molecule has 0 bridgehead atoms. The van der Waals surface area contributed by atoms with Crippen molar-refractivity contribution in [2.24, 2.45) is 7.05 Å². The van der Waals surface area contributed by atoms with Crippen LogP contribution in [0.2, 0.25) is 0 Å². The lowest BCUT2D eigenvalue weighted by molar-refractivity contribution is 0.0703. The summed E-state index contributed by atoms with van der Waals surface area (Å²) in [6, 6.07) is 2.03. The van der Waals surface area contributed by atoms with Crippen LogP contribution in [-0.4, -0.2) is 43.8 Å². The lowest BCUT2D eigenvalue weighted by Crippen LogP contribution is -2.39. The lowest BCUT2D eigenvalue weighted by Gasteiger charge is -2.32. The maximum atomic E-state index is 12.8. The van der Waals surface area contributed by atoms with Crippen molar-refractivity contribution in [3.8, 4) is 0 Å². The van der Waals surface area contributed by atoms with Gasteiger partial charge in [0.2, 0.25) is 0 Å². The topological polar surface area (TPSA) is 71.2 Å². The van der Waals surface area contributed by atoms with Crippen LogP contribution in [0.15, 0.2) is 11.4 Å². The molecule has 0 spiro atoms. The molecule has 0 unspecified atom stereocenters. The van der Waals surface area contributed by atoms with Gasteiger partial charge in [-0.25, -0.2) is 0 Å². The Bertz CT molecular complexity index is 709. The summed E-state index contributed by atoms with van der Waals surface area (Å²) in [5.41, 5.74) is 0.804. The number of aliphatic hydroxyl groups excluding tert-OH is 1. The number of aromatic nitrogens is 3. The number of amides is 1. The zero-order chi connectivity index (χ0) is 17.1. The molecule has 3 heterocycles. The van der Waals surface area contributed by atoms with Crippen molar-refractivity contribution in [1.82, 2.24) is 19.7 Å². The monoisotopic (exact) mass is 348 g/mol. The van der Waals surface area contributed by atoms with E-state index in [1.165, 1.54) is 4.88 Å². The van der Waals surface area contributed by atoms with Crippen molar-refractivity contribution in [3.63, 3.8) is 0 Å². The lowest BCUT2D eigenvalue weighted by atomic mass is 9.96. The number of carbonyl (C=O) groups is 1. The van der Waals surface area contributed by atoms with Gasteiger partial charge in [-0.05, 0) is 25.3 Å². The average molecular weight is 348 g/mol. The molecule has 7 heteroatoms. The van der Waals surface area contributed by atoms with E-state index in [0.29, 0.717) is 12.4 Å². The molecule has 2 aromatic rings. The summed E-state index contributed by atoms with van der Waals surface area (Å²) in [4.78, 5) is 16.0. The number of aliphatic hydroxyl groups is 1. The molecule has 1 aliphatic rings. The highest BCUT2D eigenvalue weighted by molar-refractivity contribution is 7.10. The number of piperidine rings is 1. The number of nitrogens with zero attached hydrogens (tertiary/aromatic N) is 4. The number of likely N-dealkylation sites (tertiary alicyclic amines) is 1. The molecule has 1 aliphatic heterocycles. The van der Waals surface area contributed by atoms with Crippen LogP contribution < -0.4 is 0 Å². The minimum absolute atomic E-state index is 0.114. The molecule has 0 radical (unpaired) electrons. The smallest absolute Gasteiger partial charge is 0.254 e. The maximum absolute atomic E-state index is 12.8. The SMILES string of the molecule is CCCc1cc(C(=O)N2CCC[C@H](c3nnc(CO)n3C)C2)cs1. The van der Waals surface area contributed by atoms with E-state index in [2.05, 4.69) is 17.1 Å². The standard InChI is InChI=1S/C17H24N4O2S/c1-3-5-14-8-13(11-24-14)17(23)21-7-4-6-12(9-21)16-19-18-15(10-22)20(16)2/h8,11-12,22H,3-7,9-10H2,1-2H3/t12-/m0/s1. The first-order chi connectivity index (χ1) is 11.6. The van der Waals surface area contributed by atoms with Crippen LogP contribution in [0.4, 0.5) is 0 Å². The zero-order valence-corrected chi connectivity index (χ0v) is 15.1. The van der Waals surface area contributed by atoms with E-state index in [1.54, 1.807) is 11.3 Å². The molecule has 0 aromatic carbocycles. The molecule has 1 N–H and O–H groups in total. The number of thiophene rings is 1. The molecule has 0 aliphatic carbocycles. The summed E-state index contributed by atoms with van der Waals surface area (Å²) in [5, 5.41) is 19.5. The first-order valence-electron chi connectivity index (χ1n) is 8.49. The molecule has 3 rings (SSSR count). The van der Waals surface area contributed by atoms with Crippen LogP contribution in [0, 0.1) is 0 Å². The van der Waals surface area contributed by atoms with Crippen LogP contribution in [0.25, 0.3) is 0 Å². The molecule has 2 aromatic heterocycles. The fourth-order valence-electron chi connectivity index (χ4n) is 3.29. The summed E-state index contributed by atoms with van der Waals surface area (Å²) < 4.78 is 1.85. The van der Waals surface area contributed by atoms with Crippen molar-refractivity contribution in [3.05, 3.63) is 33.5 Å². The minimum atomic E-state index is -0.117. The molecule has 6 nitrogen and oxygen atoms in total. The second kappa shape index (κ2) is 7.44. The number of aryl methyl sites for hydroxylation is 1. The molecule has 1 atom stereocenters. The number of rotatable bonds is 5. The predicted octanol–water partition coefficient (Wildman–Crippen LogP) is 2.34. The van der Waals surface area contributed by atoms with E-state index in [0.717, 1.165) is 43.6 Å². The van der Waals surface area contributed by atoms with E-state index in [1.807, 2.05) is 28.0 Å². The van der Waals surface area contributed by atoms with Crippen LogP contribution in [0.3, 0.4) is 0 Å². The van der Waals surface area contributed by atoms with Gasteiger partial charge in [0.15, 0.2) is 5.82 Å². The molecular formula is C17H24N4O2S. The highest BCUT2D eigenvalue weighted by Gasteiger charge is 2.29. The van der Waals surface area contributed by atoms with Crippen molar-refractivity contribution in [1.29, 1.82) is 0 Å². The minimum Gasteiger partial charge on any atom is -0.388 e. The van der Waals surface area contributed by atoms with E-state index in [-0.39, 0.29) is 18.4 Å². The Labute approximate surface area is 146 Å². The molecule has 1 fully saturated rings. The van der Waals surface area contributed by atoms with Crippen LogP contribution >= 0.6 is 11.3 Å². The fourth-order valence-corrected chi connectivity index (χ4v) is 4.26. The van der Waals surface area contributed by atoms with Crippen molar-refractivity contribution in [2.75, 3.05) is 13.1 Å². The third-order valence-corrected chi connectivity index (χ3v) is 5.61. The molecule has 0 saturated carbocycles. The van der Waals surface area contributed by atoms with E-state index in [9.17, 15) is 9.90 Å². The number of hydrogen-bond acceptors (Lipinski definition) is 5. The number of carbonyl (C=O) groups excluding carboxylic acids is 1. The van der Waals surface area contributed by atoms with E-state index >= 15 is 0 Å².